The molecule has 3 rings (SSSR count). The standard InChI is InChI=1S/C26H33BrN4O6S2/c1-6-36-22(32)8-7-14-31-15-13-20-23(31)28-17(2)29-24(20)38-16-21(25(33)37-26(3,4)5)30-39(34,35)19-11-9-18(27)10-12-19/h9-13,15,21,30H,6-8,14,16H2,1-5H3. The topological polar surface area (TPSA) is 129 Å². The molecule has 1 unspecified atom stereocenters. The maximum atomic E-state index is 13.1. The Labute approximate surface area is 241 Å². The van der Waals surface area contributed by atoms with Crippen molar-refractivity contribution in [1.82, 2.24) is 19.3 Å². The zero-order valence-electron chi connectivity index (χ0n) is 22.6. The Morgan fingerprint density at radius 2 is 1.85 bits per heavy atom. The first-order valence-corrected chi connectivity index (χ1v) is 15.7. The molecule has 39 heavy (non-hydrogen) atoms. The van der Waals surface area contributed by atoms with Crippen molar-refractivity contribution >= 4 is 60.7 Å². The molecule has 0 fully saturated rings. The summed E-state index contributed by atoms with van der Waals surface area (Å²) in [6.07, 6.45) is 2.76. The number of carbonyl (C=O) groups excluding carboxylic acids is 2. The van der Waals surface area contributed by atoms with E-state index in [4.69, 9.17) is 9.47 Å². The second-order valence-corrected chi connectivity index (χ2v) is 13.3. The van der Waals surface area contributed by atoms with Crippen LogP contribution in [-0.2, 0) is 35.6 Å². The fourth-order valence-electron chi connectivity index (χ4n) is 3.61. The van der Waals surface area contributed by atoms with Crippen LogP contribution in [0.4, 0.5) is 0 Å². The van der Waals surface area contributed by atoms with Gasteiger partial charge in [0.25, 0.3) is 0 Å². The number of sulfonamides is 1. The SMILES string of the molecule is CCOC(=O)CCCn1ccc2c(SCC(NS(=O)(=O)c3ccc(Br)cc3)C(=O)OC(C)(C)C)nc(C)nc21. The lowest BCUT2D eigenvalue weighted by molar-refractivity contribution is -0.156. The number of fused-ring (bicyclic) bond motifs is 1. The Morgan fingerprint density at radius 3 is 2.49 bits per heavy atom. The summed E-state index contributed by atoms with van der Waals surface area (Å²) in [5, 5.41) is 1.37. The van der Waals surface area contributed by atoms with E-state index >= 15 is 0 Å². The summed E-state index contributed by atoms with van der Waals surface area (Å²) in [4.78, 5) is 33.9. The van der Waals surface area contributed by atoms with Gasteiger partial charge >= 0.3 is 11.9 Å². The van der Waals surface area contributed by atoms with E-state index in [1.165, 1.54) is 23.9 Å². The summed E-state index contributed by atoms with van der Waals surface area (Å²) in [6.45, 7) is 9.62. The molecule has 212 valence electrons. The van der Waals surface area contributed by atoms with Gasteiger partial charge in [0.15, 0.2) is 0 Å². The van der Waals surface area contributed by atoms with Crippen molar-refractivity contribution in [2.75, 3.05) is 12.4 Å². The third-order valence-corrected chi connectivity index (χ3v) is 8.38. The summed E-state index contributed by atoms with van der Waals surface area (Å²) >= 11 is 4.54. The van der Waals surface area contributed by atoms with Crippen LogP contribution in [0.15, 0.2) is 50.9 Å². The average molecular weight is 642 g/mol. The van der Waals surface area contributed by atoms with Crippen LogP contribution >= 0.6 is 27.7 Å². The molecule has 13 heteroatoms. The van der Waals surface area contributed by atoms with E-state index in [1.807, 2.05) is 16.8 Å². The molecule has 10 nitrogen and oxygen atoms in total. The van der Waals surface area contributed by atoms with Gasteiger partial charge in [0, 0.05) is 29.4 Å². The molecule has 2 heterocycles. The highest BCUT2D eigenvalue weighted by molar-refractivity contribution is 9.10. The van der Waals surface area contributed by atoms with Crippen LogP contribution in [0.2, 0.25) is 0 Å². The normalized spacial score (nSPS) is 12.9. The van der Waals surface area contributed by atoms with Gasteiger partial charge in [0.1, 0.15) is 28.1 Å². The van der Waals surface area contributed by atoms with Crippen molar-refractivity contribution < 1.29 is 27.5 Å². The van der Waals surface area contributed by atoms with Gasteiger partial charge in [0.05, 0.1) is 16.9 Å². The van der Waals surface area contributed by atoms with Crippen molar-refractivity contribution in [2.45, 2.75) is 75.6 Å². The molecule has 2 aromatic heterocycles. The molecule has 0 aliphatic heterocycles. The molecule has 0 amide bonds. The third-order valence-electron chi connectivity index (χ3n) is 5.28. The summed E-state index contributed by atoms with van der Waals surface area (Å²) in [5.74, 6) is -0.354. The largest absolute Gasteiger partial charge is 0.466 e. The lowest BCUT2D eigenvalue weighted by Gasteiger charge is -2.24. The number of benzene rings is 1. The van der Waals surface area contributed by atoms with Gasteiger partial charge in [-0.15, -0.1) is 11.8 Å². The minimum absolute atomic E-state index is 0.0319. The summed E-state index contributed by atoms with van der Waals surface area (Å²) in [7, 11) is -4.01. The number of hydrogen-bond donors (Lipinski definition) is 1. The van der Waals surface area contributed by atoms with Gasteiger partial charge < -0.3 is 14.0 Å². The lowest BCUT2D eigenvalue weighted by Crippen LogP contribution is -2.45. The first-order chi connectivity index (χ1) is 18.3. The molecular weight excluding hydrogens is 608 g/mol. The number of ether oxygens (including phenoxy) is 2. The minimum Gasteiger partial charge on any atom is -0.466 e. The van der Waals surface area contributed by atoms with Gasteiger partial charge in [-0.25, -0.2) is 18.4 Å². The first kappa shape index (κ1) is 31.1. The van der Waals surface area contributed by atoms with E-state index in [-0.39, 0.29) is 16.6 Å². The van der Waals surface area contributed by atoms with E-state index in [1.54, 1.807) is 46.8 Å². The van der Waals surface area contributed by atoms with Gasteiger partial charge in [-0.3, -0.25) is 9.59 Å². The molecule has 0 aliphatic carbocycles. The van der Waals surface area contributed by atoms with Crippen molar-refractivity contribution in [3.05, 3.63) is 46.8 Å². The van der Waals surface area contributed by atoms with E-state index in [0.717, 1.165) is 9.86 Å². The van der Waals surface area contributed by atoms with Crippen LogP contribution in [0, 0.1) is 6.92 Å². The summed E-state index contributed by atoms with van der Waals surface area (Å²) in [6, 6.07) is 6.84. The van der Waals surface area contributed by atoms with Crippen LogP contribution < -0.4 is 4.72 Å². The number of aryl methyl sites for hydroxylation is 2. The second-order valence-electron chi connectivity index (χ2n) is 9.70. The average Bonchev–Trinajstić information content (AvgIpc) is 3.23. The van der Waals surface area contributed by atoms with Crippen molar-refractivity contribution in [1.29, 1.82) is 0 Å². The van der Waals surface area contributed by atoms with E-state index in [9.17, 15) is 18.0 Å². The zero-order chi connectivity index (χ0) is 28.8. The zero-order valence-corrected chi connectivity index (χ0v) is 25.8. The maximum absolute atomic E-state index is 13.1. The van der Waals surface area contributed by atoms with Crippen molar-refractivity contribution in [2.24, 2.45) is 0 Å². The van der Waals surface area contributed by atoms with Crippen molar-refractivity contribution in [3.8, 4) is 0 Å². The summed E-state index contributed by atoms with van der Waals surface area (Å²) in [5.41, 5.74) is -0.110. The number of hydrogen-bond acceptors (Lipinski definition) is 9. The van der Waals surface area contributed by atoms with Crippen LogP contribution in [0.1, 0.15) is 46.4 Å². The number of aromatic nitrogens is 3. The minimum atomic E-state index is -4.01. The third kappa shape index (κ3) is 9.02. The van der Waals surface area contributed by atoms with Crippen LogP contribution in [0.5, 0.6) is 0 Å². The highest BCUT2D eigenvalue weighted by Gasteiger charge is 2.30. The molecule has 0 radical (unpaired) electrons. The van der Waals surface area contributed by atoms with Crippen LogP contribution in [-0.4, -0.2) is 58.9 Å². The number of rotatable bonds is 12. The predicted octanol–water partition coefficient (Wildman–Crippen LogP) is 4.63. The maximum Gasteiger partial charge on any atom is 0.325 e. The van der Waals surface area contributed by atoms with Gasteiger partial charge in [-0.1, -0.05) is 15.9 Å². The molecule has 0 spiro atoms. The first-order valence-electron chi connectivity index (χ1n) is 12.4. The Morgan fingerprint density at radius 1 is 1.15 bits per heavy atom. The Kier molecular flexibility index (Phi) is 10.5. The molecule has 0 aliphatic rings. The molecule has 0 saturated carbocycles. The Hall–Kier alpha value is -2.48. The Bertz CT molecular complexity index is 1420. The smallest absolute Gasteiger partial charge is 0.325 e. The molecule has 0 saturated heterocycles. The molecule has 0 bridgehead atoms. The molecule has 3 aromatic rings. The fourth-order valence-corrected chi connectivity index (χ4v) is 6.22. The van der Waals surface area contributed by atoms with Gasteiger partial charge in [-0.05, 0) is 71.4 Å². The second kappa shape index (κ2) is 13.2. The fraction of sp³-hybridized carbons (Fsp3) is 0.462. The van der Waals surface area contributed by atoms with Crippen LogP contribution in [0.25, 0.3) is 11.0 Å². The van der Waals surface area contributed by atoms with Gasteiger partial charge in [-0.2, -0.15) is 4.72 Å². The number of esters is 2. The van der Waals surface area contributed by atoms with Crippen molar-refractivity contribution in [3.63, 3.8) is 0 Å². The van der Waals surface area contributed by atoms with E-state index in [0.29, 0.717) is 42.5 Å². The number of carbonyl (C=O) groups is 2. The monoisotopic (exact) mass is 640 g/mol. The molecular formula is C26H33BrN4O6S2. The number of nitrogens with zero attached hydrogens (tertiary/aromatic N) is 3. The van der Waals surface area contributed by atoms with E-state index < -0.39 is 27.6 Å². The molecule has 1 N–H and O–H groups in total. The van der Waals surface area contributed by atoms with Crippen LogP contribution in [0.3, 0.4) is 0 Å². The molecule has 1 aromatic carbocycles. The quantitative estimate of drug-likeness (QED) is 0.171. The highest BCUT2D eigenvalue weighted by Crippen LogP contribution is 2.28. The summed E-state index contributed by atoms with van der Waals surface area (Å²) < 4.78 is 41.9. The number of thioether (sulfide) groups is 1. The lowest BCUT2D eigenvalue weighted by atomic mass is 10.2. The van der Waals surface area contributed by atoms with E-state index in [2.05, 4.69) is 30.6 Å². The predicted molar refractivity (Wildman–Crippen MR) is 153 cm³/mol. The molecule has 1 atom stereocenters. The number of nitrogens with one attached hydrogen (secondary N) is 1. The Balaban J connectivity index is 1.82. The highest BCUT2D eigenvalue weighted by atomic mass is 79.9. The number of halogens is 1. The van der Waals surface area contributed by atoms with Gasteiger partial charge in [0.2, 0.25) is 10.0 Å².